The third kappa shape index (κ3) is 3.81. The summed E-state index contributed by atoms with van der Waals surface area (Å²) in [5.74, 6) is 1.46. The number of carbonyl (C=O) groups excluding carboxylic acids is 2. The fraction of sp³-hybridized carbons (Fsp3) is 0.346. The Morgan fingerprint density at radius 2 is 2.03 bits per heavy atom. The first kappa shape index (κ1) is 20.5. The van der Waals surface area contributed by atoms with Gasteiger partial charge in [0.05, 0.1) is 18.1 Å². The van der Waals surface area contributed by atoms with Crippen LogP contribution in [0, 0.1) is 5.41 Å². The van der Waals surface area contributed by atoms with Gasteiger partial charge in [0.25, 0.3) is 0 Å². The number of imidazole rings is 1. The van der Waals surface area contributed by atoms with E-state index in [1.807, 2.05) is 37.4 Å². The summed E-state index contributed by atoms with van der Waals surface area (Å²) in [6.07, 6.45) is 7.05. The summed E-state index contributed by atoms with van der Waals surface area (Å²) in [7, 11) is 0. The number of Topliss-reactive ketones (excluding diaryl/α,β-unsaturated/α-hetero) is 1. The molecule has 164 valence electrons. The van der Waals surface area contributed by atoms with Crippen molar-refractivity contribution in [2.45, 2.75) is 45.1 Å². The van der Waals surface area contributed by atoms with E-state index in [-0.39, 0.29) is 24.2 Å². The van der Waals surface area contributed by atoms with Crippen LogP contribution in [0.15, 0.2) is 60.9 Å². The number of ketones is 1. The summed E-state index contributed by atoms with van der Waals surface area (Å²) in [5.41, 5.74) is 2.33. The summed E-state index contributed by atoms with van der Waals surface area (Å²) in [6, 6.07) is 15.3. The number of benzene rings is 2. The maximum absolute atomic E-state index is 13.3. The lowest BCUT2D eigenvalue weighted by molar-refractivity contribution is -0.127. The number of rotatable bonds is 7. The van der Waals surface area contributed by atoms with E-state index in [9.17, 15) is 9.59 Å². The van der Waals surface area contributed by atoms with E-state index < -0.39 is 5.41 Å². The Hall–Kier alpha value is -3.41. The van der Waals surface area contributed by atoms with Gasteiger partial charge in [-0.1, -0.05) is 30.3 Å². The lowest BCUT2D eigenvalue weighted by Crippen LogP contribution is -2.37. The highest BCUT2D eigenvalue weighted by molar-refractivity contribution is 6.01. The van der Waals surface area contributed by atoms with Crippen molar-refractivity contribution in [2.75, 3.05) is 6.61 Å². The number of aromatic nitrogens is 2. The lowest BCUT2D eigenvalue weighted by atomic mass is 9.94. The molecule has 6 heteroatoms. The number of hydrogen-bond acceptors (Lipinski definition) is 4. The minimum atomic E-state index is -0.616. The largest absolute Gasteiger partial charge is 0.494 e. The monoisotopic (exact) mass is 429 g/mol. The molecule has 2 heterocycles. The van der Waals surface area contributed by atoms with Gasteiger partial charge in [0.1, 0.15) is 11.6 Å². The molecule has 1 saturated carbocycles. The molecular formula is C26H27N3O3. The topological polar surface area (TPSA) is 73.2 Å². The molecule has 6 nitrogen and oxygen atoms in total. The summed E-state index contributed by atoms with van der Waals surface area (Å²) >= 11 is 0. The van der Waals surface area contributed by atoms with Crippen molar-refractivity contribution in [1.82, 2.24) is 14.9 Å². The molecule has 1 aliphatic heterocycles. The number of nitrogens with zero attached hydrogens (tertiary/aromatic N) is 2. The molecule has 0 unspecified atom stereocenters. The van der Waals surface area contributed by atoms with Crippen LogP contribution in [-0.2, 0) is 11.2 Å². The van der Waals surface area contributed by atoms with Crippen LogP contribution >= 0.6 is 0 Å². The van der Waals surface area contributed by atoms with Crippen LogP contribution < -0.4 is 10.1 Å². The van der Waals surface area contributed by atoms with Gasteiger partial charge in [-0.15, -0.1) is 0 Å². The van der Waals surface area contributed by atoms with E-state index in [0.717, 1.165) is 37.2 Å². The van der Waals surface area contributed by atoms with E-state index in [2.05, 4.69) is 27.0 Å². The van der Waals surface area contributed by atoms with Crippen molar-refractivity contribution in [3.05, 3.63) is 77.9 Å². The SMILES string of the molecule is CCOc1cccc(C(=O)CC2(C(=O)N[C@@H]3CCc4ccccc4-n4ccnc43)CC2)c1. The molecular weight excluding hydrogens is 402 g/mol. The minimum absolute atomic E-state index is 0.0195. The summed E-state index contributed by atoms with van der Waals surface area (Å²) in [5, 5.41) is 3.23. The van der Waals surface area contributed by atoms with Crippen molar-refractivity contribution in [3.63, 3.8) is 0 Å². The van der Waals surface area contributed by atoms with Crippen LogP contribution in [-0.4, -0.2) is 27.8 Å². The van der Waals surface area contributed by atoms with Crippen molar-refractivity contribution in [3.8, 4) is 11.4 Å². The molecule has 3 aromatic rings. The molecule has 0 radical (unpaired) electrons. The molecule has 1 aromatic heterocycles. The highest BCUT2D eigenvalue weighted by Crippen LogP contribution is 2.50. The van der Waals surface area contributed by atoms with Crippen LogP contribution in [0.4, 0.5) is 0 Å². The Morgan fingerprint density at radius 1 is 1.19 bits per heavy atom. The van der Waals surface area contributed by atoms with Crippen LogP contribution in [0.3, 0.4) is 0 Å². The zero-order valence-electron chi connectivity index (χ0n) is 18.2. The third-order valence-electron chi connectivity index (χ3n) is 6.54. The van der Waals surface area contributed by atoms with Gasteiger partial charge >= 0.3 is 0 Å². The van der Waals surface area contributed by atoms with E-state index in [0.29, 0.717) is 17.9 Å². The first-order chi connectivity index (χ1) is 15.6. The molecule has 1 N–H and O–H groups in total. The van der Waals surface area contributed by atoms with E-state index in [4.69, 9.17) is 4.74 Å². The number of carbonyl (C=O) groups is 2. The van der Waals surface area contributed by atoms with E-state index >= 15 is 0 Å². The minimum Gasteiger partial charge on any atom is -0.494 e. The average molecular weight is 430 g/mol. The van der Waals surface area contributed by atoms with Gasteiger partial charge in [-0.25, -0.2) is 4.98 Å². The van der Waals surface area contributed by atoms with Crippen LogP contribution in [0.25, 0.3) is 5.69 Å². The Morgan fingerprint density at radius 3 is 2.84 bits per heavy atom. The Bertz CT molecular complexity index is 1160. The normalized spacial score (nSPS) is 18.1. The second-order valence-corrected chi connectivity index (χ2v) is 8.69. The zero-order chi connectivity index (χ0) is 22.1. The van der Waals surface area contributed by atoms with Gasteiger partial charge in [-0.2, -0.15) is 0 Å². The van der Waals surface area contributed by atoms with Gasteiger partial charge < -0.3 is 14.6 Å². The highest BCUT2D eigenvalue weighted by Gasteiger charge is 2.51. The first-order valence-electron chi connectivity index (χ1n) is 11.3. The lowest BCUT2D eigenvalue weighted by Gasteiger charge is -2.21. The second-order valence-electron chi connectivity index (χ2n) is 8.69. The van der Waals surface area contributed by atoms with Crippen LogP contribution in [0.5, 0.6) is 5.75 Å². The predicted octanol–water partition coefficient (Wildman–Crippen LogP) is 4.43. The van der Waals surface area contributed by atoms with Crippen LogP contribution in [0.2, 0.25) is 0 Å². The Labute approximate surface area is 187 Å². The smallest absolute Gasteiger partial charge is 0.227 e. The van der Waals surface area contributed by atoms with Crippen molar-refractivity contribution < 1.29 is 14.3 Å². The van der Waals surface area contributed by atoms with E-state index in [1.54, 1.807) is 18.3 Å². The fourth-order valence-electron chi connectivity index (χ4n) is 4.58. The number of hydrogen-bond donors (Lipinski definition) is 1. The fourth-order valence-corrected chi connectivity index (χ4v) is 4.58. The maximum atomic E-state index is 13.3. The highest BCUT2D eigenvalue weighted by atomic mass is 16.5. The number of nitrogens with one attached hydrogen (secondary N) is 1. The molecule has 32 heavy (non-hydrogen) atoms. The van der Waals surface area contributed by atoms with Crippen molar-refractivity contribution in [2.24, 2.45) is 5.41 Å². The van der Waals surface area contributed by atoms with Crippen LogP contribution in [0.1, 0.15) is 60.4 Å². The van der Waals surface area contributed by atoms with Gasteiger partial charge in [-0.05, 0) is 56.4 Å². The van der Waals surface area contributed by atoms with Gasteiger partial charge in [0, 0.05) is 30.1 Å². The summed E-state index contributed by atoms with van der Waals surface area (Å²) in [4.78, 5) is 30.8. The molecule has 1 fully saturated rings. The zero-order valence-corrected chi connectivity index (χ0v) is 18.2. The molecule has 0 saturated heterocycles. The molecule has 5 rings (SSSR count). The summed E-state index contributed by atoms with van der Waals surface area (Å²) < 4.78 is 7.58. The molecule has 2 aromatic carbocycles. The third-order valence-corrected chi connectivity index (χ3v) is 6.54. The predicted molar refractivity (Wildman–Crippen MR) is 121 cm³/mol. The number of ether oxygens (including phenoxy) is 1. The van der Waals surface area contributed by atoms with Crippen molar-refractivity contribution in [1.29, 1.82) is 0 Å². The molecule has 1 aliphatic carbocycles. The average Bonchev–Trinajstić information content (AvgIpc) is 3.46. The Kier molecular flexibility index (Phi) is 5.29. The molecule has 1 atom stereocenters. The molecule has 1 amide bonds. The van der Waals surface area contributed by atoms with E-state index in [1.165, 1.54) is 5.56 Å². The number of amides is 1. The standard InChI is InChI=1S/C26H27N3O3/c1-2-32-20-8-5-7-19(16-20)23(30)17-26(12-13-26)25(31)28-21-11-10-18-6-3-4-9-22(18)29-15-14-27-24(21)29/h3-9,14-16,21H,2,10-13,17H2,1H3,(H,28,31)/t21-/m1/s1. The quantitative estimate of drug-likeness (QED) is 0.564. The van der Waals surface area contributed by atoms with Gasteiger partial charge in [0.2, 0.25) is 5.91 Å². The summed E-state index contributed by atoms with van der Waals surface area (Å²) in [6.45, 7) is 2.46. The second kappa shape index (κ2) is 8.26. The maximum Gasteiger partial charge on any atom is 0.227 e. The number of fused-ring (bicyclic) bond motifs is 3. The number of para-hydroxylation sites is 1. The molecule has 0 bridgehead atoms. The molecule has 2 aliphatic rings. The molecule has 0 spiro atoms. The number of aryl methyl sites for hydroxylation is 1. The van der Waals surface area contributed by atoms with Gasteiger partial charge in [0.15, 0.2) is 5.78 Å². The Balaban J connectivity index is 1.31. The van der Waals surface area contributed by atoms with Gasteiger partial charge in [-0.3, -0.25) is 9.59 Å². The first-order valence-corrected chi connectivity index (χ1v) is 11.3. The van der Waals surface area contributed by atoms with Crippen molar-refractivity contribution >= 4 is 11.7 Å².